The molecule has 0 bridgehead atoms. The third-order valence-corrected chi connectivity index (χ3v) is 6.48. The van der Waals surface area contributed by atoms with Crippen LogP contribution in [0.15, 0.2) is 72.8 Å². The van der Waals surface area contributed by atoms with Gasteiger partial charge in [-0.25, -0.2) is 0 Å². The minimum Gasteiger partial charge on any atom is -0.508 e. The fourth-order valence-corrected chi connectivity index (χ4v) is 5.01. The zero-order chi connectivity index (χ0) is 23.6. The second-order valence-corrected chi connectivity index (χ2v) is 8.59. The number of fused-ring (bicyclic) bond motifs is 2. The van der Waals surface area contributed by atoms with Crippen LogP contribution in [0.1, 0.15) is 45.4 Å². The van der Waals surface area contributed by atoms with Gasteiger partial charge in [-0.1, -0.05) is 24.3 Å². The highest BCUT2D eigenvalue weighted by Gasteiger charge is 2.42. The average Bonchev–Trinajstić information content (AvgIpc) is 3.11. The number of hydrogen-bond acceptors (Lipinski definition) is 6. The van der Waals surface area contributed by atoms with Gasteiger partial charge in [0.05, 0.1) is 5.92 Å². The highest BCUT2D eigenvalue weighted by atomic mass is 16.5. The van der Waals surface area contributed by atoms with Crippen LogP contribution < -0.4 is 4.74 Å². The third-order valence-electron chi connectivity index (χ3n) is 6.48. The standard InChI is InChI=1S/C28H20O6/c29-16-5-1-14(2-6-16)20-13-21-23(9-18(31)11-24(21)33)27-26-22(20)10-19(32)12-25(26)34-28(27)15-3-7-17(30)8-4-15/h1-13,27-33H/t27-,28+/m1/s1. The molecule has 5 N–H and O–H groups in total. The Balaban J connectivity index is 1.68. The van der Waals surface area contributed by atoms with Gasteiger partial charge in [0.25, 0.3) is 0 Å². The lowest BCUT2D eigenvalue weighted by Gasteiger charge is -2.22. The lowest BCUT2D eigenvalue weighted by atomic mass is 9.81. The third kappa shape index (κ3) is 3.03. The molecular weight excluding hydrogens is 432 g/mol. The van der Waals surface area contributed by atoms with Crippen molar-refractivity contribution < 1.29 is 30.3 Å². The highest BCUT2D eigenvalue weighted by molar-refractivity contribution is 5.97. The van der Waals surface area contributed by atoms with Gasteiger partial charge in [0.1, 0.15) is 40.6 Å². The molecule has 0 amide bonds. The molecule has 6 rings (SSSR count). The lowest BCUT2D eigenvalue weighted by Crippen LogP contribution is -2.12. The molecule has 6 heteroatoms. The van der Waals surface area contributed by atoms with E-state index in [1.165, 1.54) is 6.07 Å². The first-order chi connectivity index (χ1) is 16.4. The Morgan fingerprint density at radius 2 is 1.29 bits per heavy atom. The molecule has 0 spiro atoms. The molecule has 1 heterocycles. The summed E-state index contributed by atoms with van der Waals surface area (Å²) < 4.78 is 6.36. The lowest BCUT2D eigenvalue weighted by molar-refractivity contribution is 0.221. The summed E-state index contributed by atoms with van der Waals surface area (Å²) in [5, 5.41) is 51.4. The monoisotopic (exact) mass is 452 g/mol. The first kappa shape index (κ1) is 20.1. The van der Waals surface area contributed by atoms with Gasteiger partial charge in [0.15, 0.2) is 0 Å². The van der Waals surface area contributed by atoms with Crippen molar-refractivity contribution in [2.45, 2.75) is 12.0 Å². The van der Waals surface area contributed by atoms with Crippen molar-refractivity contribution in [3.05, 3.63) is 106 Å². The number of hydrogen-bond donors (Lipinski definition) is 5. The molecular formula is C28H20O6. The predicted octanol–water partition coefficient (Wildman–Crippen LogP) is 5.38. The van der Waals surface area contributed by atoms with Crippen molar-refractivity contribution >= 4 is 11.6 Å². The van der Waals surface area contributed by atoms with E-state index in [2.05, 4.69) is 0 Å². The number of phenolic OH excluding ortho intramolecular Hbond substituents is 5. The van der Waals surface area contributed by atoms with Crippen molar-refractivity contribution in [1.82, 2.24) is 0 Å². The molecule has 2 aliphatic rings. The normalized spacial score (nSPS) is 17.8. The van der Waals surface area contributed by atoms with E-state index in [4.69, 9.17) is 4.74 Å². The summed E-state index contributed by atoms with van der Waals surface area (Å²) in [5.41, 5.74) is 5.05. The van der Waals surface area contributed by atoms with Gasteiger partial charge in [0, 0.05) is 23.3 Å². The highest BCUT2D eigenvalue weighted by Crippen LogP contribution is 2.57. The largest absolute Gasteiger partial charge is 0.508 e. The van der Waals surface area contributed by atoms with Gasteiger partial charge < -0.3 is 30.3 Å². The van der Waals surface area contributed by atoms with Crippen molar-refractivity contribution in [2.24, 2.45) is 0 Å². The molecule has 4 aromatic carbocycles. The zero-order valence-corrected chi connectivity index (χ0v) is 17.8. The van der Waals surface area contributed by atoms with E-state index in [9.17, 15) is 25.5 Å². The molecule has 2 atom stereocenters. The first-order valence-electron chi connectivity index (χ1n) is 10.8. The summed E-state index contributed by atoms with van der Waals surface area (Å²) in [4.78, 5) is 0. The molecule has 34 heavy (non-hydrogen) atoms. The van der Waals surface area contributed by atoms with Gasteiger partial charge in [-0.05, 0) is 70.3 Å². The molecule has 168 valence electrons. The smallest absolute Gasteiger partial charge is 0.135 e. The van der Waals surface area contributed by atoms with Crippen LogP contribution in [-0.2, 0) is 0 Å². The Labute approximate surface area is 194 Å². The number of benzene rings is 4. The molecule has 0 saturated heterocycles. The molecule has 6 nitrogen and oxygen atoms in total. The maximum absolute atomic E-state index is 10.9. The van der Waals surface area contributed by atoms with Crippen molar-refractivity contribution in [2.75, 3.05) is 0 Å². The van der Waals surface area contributed by atoms with Crippen LogP contribution in [0.4, 0.5) is 0 Å². The Morgan fingerprint density at radius 1 is 0.647 bits per heavy atom. The van der Waals surface area contributed by atoms with Gasteiger partial charge in [-0.15, -0.1) is 0 Å². The zero-order valence-electron chi connectivity index (χ0n) is 17.8. The van der Waals surface area contributed by atoms with Gasteiger partial charge in [0.2, 0.25) is 0 Å². The SMILES string of the molecule is Oc1ccc(C2=Cc3c(O)cc(O)cc3[C@@H]3c4c(cc(O)cc42)O[C@H]3c2ccc(O)cc2)cc1. The molecule has 1 aliphatic heterocycles. The van der Waals surface area contributed by atoms with Crippen molar-refractivity contribution in [1.29, 1.82) is 0 Å². The summed E-state index contributed by atoms with van der Waals surface area (Å²) in [7, 11) is 0. The topological polar surface area (TPSA) is 110 Å². The van der Waals surface area contributed by atoms with E-state index < -0.39 is 12.0 Å². The molecule has 0 unspecified atom stereocenters. The van der Waals surface area contributed by atoms with Gasteiger partial charge >= 0.3 is 0 Å². The van der Waals surface area contributed by atoms with E-state index in [0.717, 1.165) is 27.8 Å². The summed E-state index contributed by atoms with van der Waals surface area (Å²) in [6.45, 7) is 0. The molecule has 1 aliphatic carbocycles. The maximum atomic E-state index is 10.9. The second kappa shape index (κ2) is 7.22. The van der Waals surface area contributed by atoms with E-state index in [1.807, 2.05) is 6.08 Å². The van der Waals surface area contributed by atoms with E-state index in [-0.39, 0.29) is 28.7 Å². The van der Waals surface area contributed by atoms with E-state index >= 15 is 0 Å². The second-order valence-electron chi connectivity index (χ2n) is 8.59. The van der Waals surface area contributed by atoms with Gasteiger partial charge in [-0.3, -0.25) is 0 Å². The molecule has 0 aromatic heterocycles. The summed E-state index contributed by atoms with van der Waals surface area (Å²) in [6, 6.07) is 19.5. The molecule has 0 radical (unpaired) electrons. The van der Waals surface area contributed by atoms with Gasteiger partial charge in [-0.2, -0.15) is 0 Å². The average molecular weight is 452 g/mol. The summed E-state index contributed by atoms with van der Waals surface area (Å²) >= 11 is 0. The Hall–Kier alpha value is -4.58. The summed E-state index contributed by atoms with van der Waals surface area (Å²) in [5.74, 6) is 0.220. The quantitative estimate of drug-likeness (QED) is 0.279. The molecule has 4 aromatic rings. The van der Waals surface area contributed by atoms with Crippen LogP contribution in [0.2, 0.25) is 0 Å². The Bertz CT molecular complexity index is 1470. The predicted molar refractivity (Wildman–Crippen MR) is 126 cm³/mol. The fourth-order valence-electron chi connectivity index (χ4n) is 5.01. The van der Waals surface area contributed by atoms with Crippen LogP contribution in [0.3, 0.4) is 0 Å². The Kier molecular flexibility index (Phi) is 4.26. The van der Waals surface area contributed by atoms with Crippen LogP contribution in [0, 0.1) is 0 Å². The van der Waals surface area contributed by atoms with Crippen LogP contribution >= 0.6 is 0 Å². The van der Waals surface area contributed by atoms with Crippen LogP contribution in [0.5, 0.6) is 34.5 Å². The summed E-state index contributed by atoms with van der Waals surface area (Å²) in [6.07, 6.45) is 1.31. The van der Waals surface area contributed by atoms with Crippen LogP contribution in [0.25, 0.3) is 11.6 Å². The van der Waals surface area contributed by atoms with Crippen molar-refractivity contribution in [3.63, 3.8) is 0 Å². The van der Waals surface area contributed by atoms with E-state index in [0.29, 0.717) is 16.9 Å². The number of phenols is 5. The minimum absolute atomic E-state index is 0.0292. The number of ether oxygens (including phenoxy) is 1. The fraction of sp³-hybridized carbons (Fsp3) is 0.0714. The minimum atomic E-state index is -0.524. The molecule has 0 saturated carbocycles. The molecule has 0 fully saturated rings. The number of rotatable bonds is 2. The maximum Gasteiger partial charge on any atom is 0.135 e. The van der Waals surface area contributed by atoms with E-state index in [1.54, 1.807) is 66.7 Å². The van der Waals surface area contributed by atoms with Crippen molar-refractivity contribution in [3.8, 4) is 34.5 Å². The van der Waals surface area contributed by atoms with Crippen LogP contribution in [-0.4, -0.2) is 25.5 Å². The number of aromatic hydroxyl groups is 5. The first-order valence-corrected chi connectivity index (χ1v) is 10.8. The Morgan fingerprint density at radius 3 is 2.00 bits per heavy atom.